The summed E-state index contributed by atoms with van der Waals surface area (Å²) in [6.45, 7) is 6.38. The Balaban J connectivity index is 2.42. The summed E-state index contributed by atoms with van der Waals surface area (Å²) in [6, 6.07) is 1.92. The first kappa shape index (κ1) is 15.0. The molecule has 0 aromatic carbocycles. The first-order chi connectivity index (χ1) is 7.90. The Hall–Kier alpha value is -0.100. The van der Waals surface area contributed by atoms with Crippen molar-refractivity contribution in [3.05, 3.63) is 19.8 Å². The second-order valence-electron chi connectivity index (χ2n) is 4.10. The molecule has 96 valence electrons. The number of halogens is 2. The van der Waals surface area contributed by atoms with E-state index in [1.807, 2.05) is 26.8 Å². The maximum absolute atomic E-state index is 11.6. The highest BCUT2D eigenvalue weighted by molar-refractivity contribution is 9.10. The van der Waals surface area contributed by atoms with E-state index >= 15 is 0 Å². The molecule has 2 N–H and O–H groups in total. The number of rotatable bonds is 5. The number of carbonyl (C=O) groups is 1. The third-order valence-electron chi connectivity index (χ3n) is 2.10. The van der Waals surface area contributed by atoms with Gasteiger partial charge in [0.2, 0.25) is 5.91 Å². The maximum Gasteiger partial charge on any atom is 0.237 e. The molecule has 0 saturated carbocycles. The van der Waals surface area contributed by atoms with Gasteiger partial charge in [0.25, 0.3) is 0 Å². The topological polar surface area (TPSA) is 41.1 Å². The van der Waals surface area contributed by atoms with Crippen molar-refractivity contribution in [2.75, 3.05) is 0 Å². The molecule has 1 atom stereocenters. The molecule has 0 saturated heterocycles. The molecule has 6 heteroatoms. The van der Waals surface area contributed by atoms with Gasteiger partial charge >= 0.3 is 0 Å². The lowest BCUT2D eigenvalue weighted by Crippen LogP contribution is -2.44. The van der Waals surface area contributed by atoms with Crippen molar-refractivity contribution in [1.29, 1.82) is 0 Å². The molecule has 1 heterocycles. The van der Waals surface area contributed by atoms with E-state index < -0.39 is 0 Å². The van der Waals surface area contributed by atoms with Gasteiger partial charge in [0, 0.05) is 21.9 Å². The molecular weight excluding hydrogens is 324 g/mol. The maximum atomic E-state index is 11.6. The van der Waals surface area contributed by atoms with Crippen LogP contribution in [0.5, 0.6) is 0 Å². The van der Waals surface area contributed by atoms with E-state index in [9.17, 15) is 4.79 Å². The minimum absolute atomic E-state index is 0.0155. The summed E-state index contributed by atoms with van der Waals surface area (Å²) >= 11 is 10.8. The Morgan fingerprint density at radius 2 is 2.18 bits per heavy atom. The molecule has 17 heavy (non-hydrogen) atoms. The molecule has 1 amide bonds. The van der Waals surface area contributed by atoms with Crippen LogP contribution in [0.2, 0.25) is 4.34 Å². The van der Waals surface area contributed by atoms with Gasteiger partial charge in [-0.15, -0.1) is 11.3 Å². The monoisotopic (exact) mass is 338 g/mol. The number of hydrogen-bond acceptors (Lipinski definition) is 3. The van der Waals surface area contributed by atoms with Gasteiger partial charge in [-0.05, 0) is 42.8 Å². The van der Waals surface area contributed by atoms with E-state index in [-0.39, 0.29) is 18.0 Å². The molecule has 1 aromatic rings. The van der Waals surface area contributed by atoms with E-state index in [4.69, 9.17) is 11.6 Å². The average molecular weight is 340 g/mol. The van der Waals surface area contributed by atoms with E-state index in [0.717, 1.165) is 13.7 Å². The lowest BCUT2D eigenvalue weighted by atomic mass is 10.2. The average Bonchev–Trinajstić information content (AvgIpc) is 2.54. The molecule has 0 bridgehead atoms. The van der Waals surface area contributed by atoms with Gasteiger partial charge < -0.3 is 10.6 Å². The number of amides is 1. The lowest BCUT2D eigenvalue weighted by molar-refractivity contribution is -0.123. The predicted octanol–water partition coefficient (Wildman–Crippen LogP) is 3.17. The number of hydrogen-bond donors (Lipinski definition) is 2. The van der Waals surface area contributed by atoms with Crippen molar-refractivity contribution < 1.29 is 4.79 Å². The number of thiophene rings is 1. The molecule has 3 nitrogen and oxygen atoms in total. The summed E-state index contributed by atoms with van der Waals surface area (Å²) in [6.07, 6.45) is 0. The molecule has 1 aromatic heterocycles. The van der Waals surface area contributed by atoms with Gasteiger partial charge in [0.1, 0.15) is 4.34 Å². The van der Waals surface area contributed by atoms with Crippen LogP contribution in [-0.4, -0.2) is 18.0 Å². The van der Waals surface area contributed by atoms with Gasteiger partial charge in [-0.1, -0.05) is 11.6 Å². The van der Waals surface area contributed by atoms with Crippen molar-refractivity contribution in [2.24, 2.45) is 0 Å². The molecule has 0 spiro atoms. The summed E-state index contributed by atoms with van der Waals surface area (Å²) in [5.74, 6) is 0.0155. The zero-order chi connectivity index (χ0) is 13.0. The molecule has 0 aliphatic carbocycles. The molecule has 1 unspecified atom stereocenters. The zero-order valence-electron chi connectivity index (χ0n) is 10.0. The highest BCUT2D eigenvalue weighted by Crippen LogP contribution is 2.31. The molecule has 0 aliphatic heterocycles. The zero-order valence-corrected chi connectivity index (χ0v) is 13.2. The van der Waals surface area contributed by atoms with Gasteiger partial charge in [-0.3, -0.25) is 4.79 Å². The van der Waals surface area contributed by atoms with Gasteiger partial charge in [0.05, 0.1) is 6.04 Å². The Labute approximate surface area is 119 Å². The Morgan fingerprint density at radius 1 is 1.53 bits per heavy atom. The van der Waals surface area contributed by atoms with Crippen LogP contribution >= 0.6 is 38.9 Å². The Kier molecular flexibility index (Phi) is 5.92. The lowest BCUT2D eigenvalue weighted by Gasteiger charge is -2.15. The van der Waals surface area contributed by atoms with E-state index in [0.29, 0.717) is 6.54 Å². The van der Waals surface area contributed by atoms with Crippen LogP contribution in [0.3, 0.4) is 0 Å². The summed E-state index contributed by atoms with van der Waals surface area (Å²) in [4.78, 5) is 12.7. The Bertz CT molecular complexity index is 375. The summed E-state index contributed by atoms with van der Waals surface area (Å²) in [5.41, 5.74) is 0. The first-order valence-corrected chi connectivity index (χ1v) is 7.36. The summed E-state index contributed by atoms with van der Waals surface area (Å²) < 4.78 is 1.64. The van der Waals surface area contributed by atoms with E-state index in [2.05, 4.69) is 26.6 Å². The number of nitrogens with one attached hydrogen (secondary N) is 2. The van der Waals surface area contributed by atoms with Gasteiger partial charge in [0.15, 0.2) is 0 Å². The van der Waals surface area contributed by atoms with Crippen LogP contribution < -0.4 is 10.6 Å². The second kappa shape index (κ2) is 6.73. The van der Waals surface area contributed by atoms with Crippen LogP contribution in [0.1, 0.15) is 25.6 Å². The minimum Gasteiger partial charge on any atom is -0.353 e. The van der Waals surface area contributed by atoms with E-state index in [1.54, 1.807) is 0 Å². The predicted molar refractivity (Wildman–Crippen MR) is 76.6 cm³/mol. The second-order valence-corrected chi connectivity index (χ2v) is 6.69. The molecule has 0 fully saturated rings. The first-order valence-electron chi connectivity index (χ1n) is 5.37. The van der Waals surface area contributed by atoms with Gasteiger partial charge in [-0.25, -0.2) is 0 Å². The third kappa shape index (κ3) is 4.95. The molecular formula is C11H16BrClN2OS. The normalized spacial score (nSPS) is 12.8. The van der Waals surface area contributed by atoms with Crippen molar-refractivity contribution in [3.63, 3.8) is 0 Å². The highest BCUT2D eigenvalue weighted by Gasteiger charge is 2.13. The molecule has 0 radical (unpaired) electrons. The van der Waals surface area contributed by atoms with Crippen LogP contribution in [0.4, 0.5) is 0 Å². The SMILES string of the molecule is CC(C)NC(=O)C(C)NCc1cc(Br)c(Cl)s1. The van der Waals surface area contributed by atoms with Crippen LogP contribution in [0, 0.1) is 0 Å². The quantitative estimate of drug-likeness (QED) is 0.865. The largest absolute Gasteiger partial charge is 0.353 e. The molecule has 1 rings (SSSR count). The number of carbonyl (C=O) groups excluding carboxylic acids is 1. The van der Waals surface area contributed by atoms with E-state index in [1.165, 1.54) is 11.3 Å². The van der Waals surface area contributed by atoms with Crippen LogP contribution in [0.15, 0.2) is 10.5 Å². The fourth-order valence-electron chi connectivity index (χ4n) is 1.23. The van der Waals surface area contributed by atoms with Crippen LogP contribution in [0.25, 0.3) is 0 Å². The smallest absolute Gasteiger partial charge is 0.237 e. The van der Waals surface area contributed by atoms with Crippen molar-refractivity contribution in [1.82, 2.24) is 10.6 Å². The minimum atomic E-state index is -0.211. The summed E-state index contributed by atoms with van der Waals surface area (Å²) in [7, 11) is 0. The standard InChI is InChI=1S/C11H16BrClN2OS/c1-6(2)15-11(16)7(3)14-5-8-4-9(12)10(13)17-8/h4,6-7,14H,5H2,1-3H3,(H,15,16). The van der Waals surface area contributed by atoms with Crippen LogP contribution in [-0.2, 0) is 11.3 Å². The molecule has 0 aliphatic rings. The third-order valence-corrected chi connectivity index (χ3v) is 4.58. The van der Waals surface area contributed by atoms with Gasteiger partial charge in [-0.2, -0.15) is 0 Å². The van der Waals surface area contributed by atoms with Crippen molar-refractivity contribution in [2.45, 2.75) is 39.4 Å². The van der Waals surface area contributed by atoms with Crippen molar-refractivity contribution in [3.8, 4) is 0 Å². The Morgan fingerprint density at radius 3 is 2.65 bits per heavy atom. The highest BCUT2D eigenvalue weighted by atomic mass is 79.9. The fourth-order valence-corrected chi connectivity index (χ4v) is 2.98. The summed E-state index contributed by atoms with van der Waals surface area (Å²) in [5, 5.41) is 6.03. The fraction of sp³-hybridized carbons (Fsp3) is 0.545. The van der Waals surface area contributed by atoms with Crippen molar-refractivity contribution >= 4 is 44.8 Å².